The molecule has 0 spiro atoms. The van der Waals surface area contributed by atoms with Crippen LogP contribution < -0.4 is 0 Å². The minimum Gasteiger partial charge on any atom is -0.438 e. The van der Waals surface area contributed by atoms with Gasteiger partial charge in [-0.1, -0.05) is 5.16 Å². The summed E-state index contributed by atoms with van der Waals surface area (Å²) in [7, 11) is -3.35. The van der Waals surface area contributed by atoms with Gasteiger partial charge in [0, 0.05) is 32.1 Å². The molecule has 0 bridgehead atoms. The number of carbonyl (C=O) groups excluding carboxylic acids is 1. The van der Waals surface area contributed by atoms with Crippen molar-refractivity contribution in [3.63, 3.8) is 0 Å². The molecule has 10 nitrogen and oxygen atoms in total. The molecule has 1 amide bonds. The van der Waals surface area contributed by atoms with E-state index in [-0.39, 0.29) is 36.4 Å². The minimum atomic E-state index is -3.35. The van der Waals surface area contributed by atoms with Crippen molar-refractivity contribution in [3.8, 4) is 0 Å². The number of sulfonamides is 1. The summed E-state index contributed by atoms with van der Waals surface area (Å²) >= 11 is 0. The second-order valence-electron chi connectivity index (χ2n) is 6.74. The van der Waals surface area contributed by atoms with Gasteiger partial charge < -0.3 is 13.8 Å². The third-order valence-electron chi connectivity index (χ3n) is 5.22. The van der Waals surface area contributed by atoms with Gasteiger partial charge in [0.05, 0.1) is 17.4 Å². The van der Waals surface area contributed by atoms with Crippen LogP contribution in [0.5, 0.6) is 0 Å². The molecule has 2 saturated heterocycles. The molecular weight excluding hydrogens is 362 g/mol. The van der Waals surface area contributed by atoms with E-state index in [1.807, 2.05) is 0 Å². The number of hydrogen-bond donors (Lipinski definition) is 0. The van der Waals surface area contributed by atoms with E-state index in [0.29, 0.717) is 24.8 Å². The highest BCUT2D eigenvalue weighted by molar-refractivity contribution is 7.89. The van der Waals surface area contributed by atoms with E-state index in [2.05, 4.69) is 15.1 Å². The maximum atomic E-state index is 12.6. The van der Waals surface area contributed by atoms with Crippen molar-refractivity contribution in [3.05, 3.63) is 30.1 Å². The molecule has 0 aromatic carbocycles. The van der Waals surface area contributed by atoms with E-state index < -0.39 is 15.4 Å². The summed E-state index contributed by atoms with van der Waals surface area (Å²) in [5.74, 6) is 0.624. The first-order valence-corrected chi connectivity index (χ1v) is 9.93. The van der Waals surface area contributed by atoms with Crippen LogP contribution in [-0.4, -0.2) is 70.6 Å². The lowest BCUT2D eigenvalue weighted by Crippen LogP contribution is -2.41. The van der Waals surface area contributed by atoms with Crippen LogP contribution in [0, 0.1) is 12.8 Å². The normalized spacial score (nSPS) is 26.4. The molecule has 0 radical (unpaired) electrons. The van der Waals surface area contributed by atoms with Gasteiger partial charge in [-0.15, -0.1) is 0 Å². The molecule has 0 N–H and O–H groups in total. The number of oxazole rings is 1. The van der Waals surface area contributed by atoms with Crippen LogP contribution in [0.2, 0.25) is 0 Å². The predicted octanol–water partition coefficient (Wildman–Crippen LogP) is 0.0413. The molecule has 26 heavy (non-hydrogen) atoms. The molecule has 0 saturated carbocycles. The fourth-order valence-electron chi connectivity index (χ4n) is 3.85. The molecule has 2 aromatic heterocycles. The van der Waals surface area contributed by atoms with Gasteiger partial charge in [0.25, 0.3) is 5.91 Å². The third kappa shape index (κ3) is 2.53. The Labute approximate surface area is 150 Å². The lowest BCUT2D eigenvalue weighted by molar-refractivity contribution is 0.0741. The van der Waals surface area contributed by atoms with Crippen molar-refractivity contribution < 1.29 is 22.2 Å². The molecule has 2 fully saturated rings. The molecule has 140 valence electrons. The summed E-state index contributed by atoms with van der Waals surface area (Å²) < 4.78 is 36.7. The highest BCUT2D eigenvalue weighted by atomic mass is 32.2. The minimum absolute atomic E-state index is 0.0272. The van der Waals surface area contributed by atoms with Gasteiger partial charge in [0.15, 0.2) is 12.2 Å². The summed E-state index contributed by atoms with van der Waals surface area (Å²) in [4.78, 5) is 22.4. The monoisotopic (exact) mass is 381 g/mol. The predicted molar refractivity (Wildman–Crippen MR) is 87.6 cm³/mol. The van der Waals surface area contributed by atoms with Crippen LogP contribution >= 0.6 is 0 Å². The van der Waals surface area contributed by atoms with Crippen molar-refractivity contribution in [1.82, 2.24) is 24.3 Å². The Kier molecular flexibility index (Phi) is 3.88. The number of fused-ring (bicyclic) bond motifs is 1. The third-order valence-corrected chi connectivity index (χ3v) is 7.01. The number of hydrogen-bond acceptors (Lipinski definition) is 8. The Morgan fingerprint density at radius 3 is 2.81 bits per heavy atom. The first kappa shape index (κ1) is 17.2. The molecule has 2 aromatic rings. The standard InChI is InChI=1S/C15H19N5O5S/c1-3-26(22,23)20-6-11-5-19(13(21)12-4-16-9-24-12)7-15(11,8-20)14-17-10(2)18-25-14/h4,9,11H,3,5-8H2,1-2H3/t11-,15-/m0/s1. The highest BCUT2D eigenvalue weighted by Crippen LogP contribution is 2.45. The van der Waals surface area contributed by atoms with Crippen LogP contribution in [-0.2, 0) is 15.4 Å². The Bertz CT molecular complexity index is 924. The Morgan fingerprint density at radius 1 is 1.38 bits per heavy atom. The van der Waals surface area contributed by atoms with E-state index >= 15 is 0 Å². The summed E-state index contributed by atoms with van der Waals surface area (Å²) in [6.07, 6.45) is 2.57. The van der Waals surface area contributed by atoms with Crippen molar-refractivity contribution in [2.75, 3.05) is 31.9 Å². The average molecular weight is 381 g/mol. The lowest BCUT2D eigenvalue weighted by atomic mass is 9.81. The second kappa shape index (κ2) is 5.88. The Morgan fingerprint density at radius 2 is 2.19 bits per heavy atom. The molecule has 4 heterocycles. The first-order chi connectivity index (χ1) is 12.4. The van der Waals surface area contributed by atoms with Gasteiger partial charge in [-0.3, -0.25) is 4.79 Å². The molecule has 2 atom stereocenters. The molecular formula is C15H19N5O5S. The van der Waals surface area contributed by atoms with Gasteiger partial charge in [0.1, 0.15) is 0 Å². The Hall–Kier alpha value is -2.27. The van der Waals surface area contributed by atoms with Crippen molar-refractivity contribution in [2.45, 2.75) is 19.3 Å². The van der Waals surface area contributed by atoms with Crippen LogP contribution in [0.3, 0.4) is 0 Å². The first-order valence-electron chi connectivity index (χ1n) is 8.32. The smallest absolute Gasteiger partial charge is 0.291 e. The molecule has 4 rings (SSSR count). The maximum absolute atomic E-state index is 12.6. The van der Waals surface area contributed by atoms with E-state index in [4.69, 9.17) is 8.94 Å². The maximum Gasteiger partial charge on any atom is 0.291 e. The number of rotatable bonds is 4. The molecule has 2 aliphatic heterocycles. The molecule has 0 unspecified atom stereocenters. The van der Waals surface area contributed by atoms with Gasteiger partial charge >= 0.3 is 0 Å². The van der Waals surface area contributed by atoms with Gasteiger partial charge in [-0.2, -0.15) is 4.98 Å². The van der Waals surface area contributed by atoms with E-state index in [9.17, 15) is 13.2 Å². The topological polar surface area (TPSA) is 123 Å². The fraction of sp³-hybridized carbons (Fsp3) is 0.600. The molecule has 0 aliphatic carbocycles. The fourth-order valence-corrected chi connectivity index (χ4v) is 5.05. The van der Waals surface area contributed by atoms with E-state index in [1.54, 1.807) is 18.7 Å². The summed E-state index contributed by atoms with van der Waals surface area (Å²) in [5.41, 5.74) is -0.709. The summed E-state index contributed by atoms with van der Waals surface area (Å²) in [6.45, 7) is 4.53. The highest BCUT2D eigenvalue weighted by Gasteiger charge is 2.59. The number of aryl methyl sites for hydroxylation is 1. The van der Waals surface area contributed by atoms with Crippen LogP contribution in [0.1, 0.15) is 29.2 Å². The quantitative estimate of drug-likeness (QED) is 0.727. The number of aromatic nitrogens is 3. The van der Waals surface area contributed by atoms with Crippen molar-refractivity contribution in [1.29, 1.82) is 0 Å². The van der Waals surface area contributed by atoms with Crippen LogP contribution in [0.4, 0.5) is 0 Å². The number of nitrogens with zero attached hydrogens (tertiary/aromatic N) is 5. The number of amides is 1. The van der Waals surface area contributed by atoms with Gasteiger partial charge in [-0.25, -0.2) is 17.7 Å². The molecule has 11 heteroatoms. The van der Waals surface area contributed by atoms with Crippen molar-refractivity contribution in [2.24, 2.45) is 5.92 Å². The number of carbonyl (C=O) groups is 1. The van der Waals surface area contributed by atoms with Gasteiger partial charge in [0.2, 0.25) is 21.7 Å². The molecule has 2 aliphatic rings. The summed E-state index contributed by atoms with van der Waals surface area (Å²) in [5, 5.41) is 3.86. The largest absolute Gasteiger partial charge is 0.438 e. The van der Waals surface area contributed by atoms with E-state index in [0.717, 1.165) is 0 Å². The van der Waals surface area contributed by atoms with Crippen LogP contribution in [0.15, 0.2) is 21.5 Å². The van der Waals surface area contributed by atoms with Crippen LogP contribution in [0.25, 0.3) is 0 Å². The summed E-state index contributed by atoms with van der Waals surface area (Å²) in [6, 6.07) is 0. The van der Waals surface area contributed by atoms with E-state index in [1.165, 1.54) is 16.9 Å². The Balaban J connectivity index is 1.68. The second-order valence-corrected chi connectivity index (χ2v) is 9.00. The van der Waals surface area contributed by atoms with Gasteiger partial charge in [-0.05, 0) is 13.8 Å². The zero-order valence-electron chi connectivity index (χ0n) is 14.5. The number of likely N-dealkylation sites (tertiary alicyclic amines) is 1. The zero-order chi connectivity index (χ0) is 18.5. The van der Waals surface area contributed by atoms with Crippen molar-refractivity contribution >= 4 is 15.9 Å². The average Bonchev–Trinajstić information content (AvgIpc) is 3.36. The SMILES string of the molecule is CCS(=O)(=O)N1C[C@@H]2CN(C(=O)c3cnco3)C[C@]2(c2nc(C)no2)C1. The zero-order valence-corrected chi connectivity index (χ0v) is 15.3. The lowest BCUT2D eigenvalue weighted by Gasteiger charge is -2.25.